The summed E-state index contributed by atoms with van der Waals surface area (Å²) >= 11 is 0. The zero-order valence-electron chi connectivity index (χ0n) is 34.4. The Morgan fingerprint density at radius 1 is 0.764 bits per heavy atom. The summed E-state index contributed by atoms with van der Waals surface area (Å²) < 4.78 is 21.6. The third-order valence-corrected chi connectivity index (χ3v) is 15.2. The molecule has 14 atom stereocenters. The van der Waals surface area contributed by atoms with E-state index in [1.54, 1.807) is 0 Å². The van der Waals surface area contributed by atoms with Crippen molar-refractivity contribution in [3.63, 3.8) is 0 Å². The predicted molar refractivity (Wildman–Crippen MR) is 209 cm³/mol. The maximum absolute atomic E-state index is 12.8. The summed E-state index contributed by atoms with van der Waals surface area (Å²) in [4.78, 5) is 25.0. The Balaban J connectivity index is 0.836. The van der Waals surface area contributed by atoms with E-state index in [9.17, 15) is 30.0 Å². The molecule has 5 rings (SSSR count). The normalized spacial score (nSPS) is 39.1. The van der Waals surface area contributed by atoms with E-state index in [1.165, 1.54) is 57.8 Å². The fourth-order valence-electron chi connectivity index (χ4n) is 12.0. The second-order valence-electron chi connectivity index (χ2n) is 18.6. The van der Waals surface area contributed by atoms with E-state index in [2.05, 4.69) is 38.3 Å². The van der Waals surface area contributed by atoms with Crippen molar-refractivity contribution in [3.05, 3.63) is 0 Å². The van der Waals surface area contributed by atoms with Crippen LogP contribution in [-0.4, -0.2) is 116 Å². The number of hydrogen-bond acceptors (Lipinski definition) is 10. The molecule has 7 unspecified atom stereocenters. The van der Waals surface area contributed by atoms with Crippen LogP contribution in [0, 0.1) is 52.3 Å². The number of rotatable bonds is 21. The van der Waals surface area contributed by atoms with Crippen molar-refractivity contribution >= 4 is 11.8 Å². The van der Waals surface area contributed by atoms with Crippen molar-refractivity contribution < 1.29 is 49.0 Å². The second-order valence-corrected chi connectivity index (χ2v) is 18.6. The Kier molecular flexibility index (Phi) is 17.1. The molecule has 1 aliphatic heterocycles. The second kappa shape index (κ2) is 21.0. The Morgan fingerprint density at radius 3 is 2.24 bits per heavy atom. The first-order valence-electron chi connectivity index (χ1n) is 22.0. The minimum absolute atomic E-state index is 0.00921. The van der Waals surface area contributed by atoms with Gasteiger partial charge >= 0.3 is 0 Å². The van der Waals surface area contributed by atoms with Crippen molar-refractivity contribution in [2.45, 2.75) is 155 Å². The number of hydrogen-bond donors (Lipinski definition) is 6. The van der Waals surface area contributed by atoms with Crippen LogP contribution in [0.5, 0.6) is 0 Å². The quantitative estimate of drug-likeness (QED) is 0.0920. The number of fused-ring (bicyclic) bond motifs is 5. The Hall–Kier alpha value is -1.38. The number of ether oxygens (including phenoxy) is 4. The number of aliphatic hydroxyl groups excluding tert-OH is 4. The zero-order chi connectivity index (χ0) is 39.6. The van der Waals surface area contributed by atoms with Gasteiger partial charge in [0.1, 0.15) is 24.4 Å². The molecule has 4 aliphatic carbocycles. The van der Waals surface area contributed by atoms with E-state index in [4.69, 9.17) is 18.9 Å². The van der Waals surface area contributed by atoms with Crippen LogP contribution in [0.4, 0.5) is 0 Å². The van der Waals surface area contributed by atoms with Crippen molar-refractivity contribution in [2.24, 2.45) is 52.3 Å². The minimum atomic E-state index is -1.48. The molecular weight excluding hydrogens is 704 g/mol. The molecule has 2 amide bonds. The van der Waals surface area contributed by atoms with Crippen LogP contribution in [-0.2, 0) is 28.5 Å². The van der Waals surface area contributed by atoms with Gasteiger partial charge in [0.15, 0.2) is 6.29 Å². The summed E-state index contributed by atoms with van der Waals surface area (Å²) in [7, 11) is 0. The van der Waals surface area contributed by atoms with Gasteiger partial charge in [-0.25, -0.2) is 0 Å². The summed E-state index contributed by atoms with van der Waals surface area (Å²) in [6.45, 7) is 12.0. The van der Waals surface area contributed by atoms with Crippen molar-refractivity contribution in [2.75, 3.05) is 52.7 Å². The van der Waals surface area contributed by atoms with Crippen molar-refractivity contribution in [3.8, 4) is 0 Å². The third-order valence-electron chi connectivity index (χ3n) is 15.2. The molecule has 12 nitrogen and oxygen atoms in total. The third kappa shape index (κ3) is 11.2. The molecule has 0 aromatic rings. The van der Waals surface area contributed by atoms with Crippen molar-refractivity contribution in [1.29, 1.82) is 0 Å². The van der Waals surface area contributed by atoms with Crippen LogP contribution in [0.2, 0.25) is 0 Å². The molecule has 12 heteroatoms. The number of aliphatic hydroxyl groups is 4. The standard InChI is InChI=1S/C43H76N2O10/c1-28-15-17-42(3)30(26-28)10-11-31-33-13-12-32(43(33,4)18-16-34(31)42)29(2)9-14-37(48)44-19-7-5-6-8-36(47)45-20-21-52-22-23-53-24-25-54-41-40(51)39(50)38(49)35(27-46)55-41/h28-35,38-41,46,49-51H,5-27H2,1-4H3,(H,44,48)(H,45,47)/t28-,29-,30?,31?,32-,33?,34?,35?,38-,39?,40?,41+,42+,43-/m1/s1. The summed E-state index contributed by atoms with van der Waals surface area (Å²) in [6.07, 6.45) is 10.9. The first-order valence-corrected chi connectivity index (χ1v) is 22.0. The van der Waals surface area contributed by atoms with Gasteiger partial charge in [-0.05, 0) is 123 Å². The smallest absolute Gasteiger partial charge is 0.220 e. The lowest BCUT2D eigenvalue weighted by Crippen LogP contribution is -2.59. The number of unbranched alkanes of at least 4 members (excludes halogenated alkanes) is 2. The van der Waals surface area contributed by atoms with Crippen LogP contribution < -0.4 is 10.6 Å². The molecule has 5 aliphatic rings. The van der Waals surface area contributed by atoms with Crippen LogP contribution in [0.15, 0.2) is 0 Å². The highest BCUT2D eigenvalue weighted by Gasteiger charge is 2.60. The molecule has 55 heavy (non-hydrogen) atoms. The molecule has 0 spiro atoms. The molecule has 0 radical (unpaired) electrons. The van der Waals surface area contributed by atoms with E-state index in [0.717, 1.165) is 61.2 Å². The lowest BCUT2D eigenvalue weighted by Gasteiger charge is -2.61. The number of carbonyl (C=O) groups is 2. The molecule has 0 aromatic heterocycles. The lowest BCUT2D eigenvalue weighted by atomic mass is 9.44. The SMILES string of the molecule is C[C@@H]1CC[C@@]2(C)C(CCC3C2CC[C@@]2(C)C3CC[C@@H]2[C@H](C)CCC(=O)NCCCCCC(=O)NCCOCCOCCO[C@H]2OC(CO)[C@@H](O)C(O)C2O)C1. The predicted octanol–water partition coefficient (Wildman–Crippen LogP) is 4.34. The van der Waals surface area contributed by atoms with E-state index in [-0.39, 0.29) is 25.0 Å². The summed E-state index contributed by atoms with van der Waals surface area (Å²) in [5.41, 5.74) is 1.02. The molecule has 1 saturated heterocycles. The average Bonchev–Trinajstić information content (AvgIpc) is 3.53. The molecule has 0 bridgehead atoms. The van der Waals surface area contributed by atoms with E-state index in [0.29, 0.717) is 62.5 Å². The van der Waals surface area contributed by atoms with Gasteiger partial charge in [0, 0.05) is 25.9 Å². The Bertz CT molecular complexity index is 1190. The van der Waals surface area contributed by atoms with Gasteiger partial charge in [0.05, 0.1) is 39.6 Å². The first kappa shape index (κ1) is 44.7. The number of carbonyl (C=O) groups excluding carboxylic acids is 2. The van der Waals surface area contributed by atoms with Gasteiger partial charge in [0.2, 0.25) is 11.8 Å². The van der Waals surface area contributed by atoms with Crippen LogP contribution in [0.25, 0.3) is 0 Å². The molecule has 1 heterocycles. The molecule has 4 saturated carbocycles. The summed E-state index contributed by atoms with van der Waals surface area (Å²) in [5, 5.41) is 44.8. The van der Waals surface area contributed by atoms with Gasteiger partial charge in [-0.1, -0.05) is 40.5 Å². The molecule has 318 valence electrons. The maximum atomic E-state index is 12.8. The fraction of sp³-hybridized carbons (Fsp3) is 0.953. The molecule has 0 aromatic carbocycles. The highest BCUT2D eigenvalue weighted by molar-refractivity contribution is 5.76. The summed E-state index contributed by atoms with van der Waals surface area (Å²) in [6, 6.07) is 0. The fourth-order valence-corrected chi connectivity index (χ4v) is 12.0. The van der Waals surface area contributed by atoms with Gasteiger partial charge < -0.3 is 50.0 Å². The van der Waals surface area contributed by atoms with Gasteiger partial charge in [-0.15, -0.1) is 0 Å². The number of nitrogens with one attached hydrogen (secondary N) is 2. The molecule has 5 fully saturated rings. The van der Waals surface area contributed by atoms with Gasteiger partial charge in [-0.3, -0.25) is 9.59 Å². The van der Waals surface area contributed by atoms with E-state index < -0.39 is 37.3 Å². The average molecular weight is 781 g/mol. The topological polar surface area (TPSA) is 176 Å². The van der Waals surface area contributed by atoms with Crippen molar-refractivity contribution in [1.82, 2.24) is 10.6 Å². The van der Waals surface area contributed by atoms with Gasteiger partial charge in [0.25, 0.3) is 0 Å². The van der Waals surface area contributed by atoms with Crippen LogP contribution in [0.3, 0.4) is 0 Å². The molecular formula is C43H76N2O10. The highest BCUT2D eigenvalue weighted by atomic mass is 16.7. The maximum Gasteiger partial charge on any atom is 0.220 e. The molecule has 6 N–H and O–H groups in total. The van der Waals surface area contributed by atoms with E-state index in [1.807, 2.05) is 0 Å². The van der Waals surface area contributed by atoms with E-state index >= 15 is 0 Å². The Morgan fingerprint density at radius 2 is 1.45 bits per heavy atom. The van der Waals surface area contributed by atoms with Gasteiger partial charge in [-0.2, -0.15) is 0 Å². The monoisotopic (exact) mass is 781 g/mol. The van der Waals surface area contributed by atoms with Crippen LogP contribution >= 0.6 is 0 Å². The van der Waals surface area contributed by atoms with Crippen LogP contribution in [0.1, 0.15) is 124 Å². The first-order chi connectivity index (χ1) is 26.4. The summed E-state index contributed by atoms with van der Waals surface area (Å²) in [5.74, 6) is 6.08. The largest absolute Gasteiger partial charge is 0.394 e. The number of amides is 2. The lowest BCUT2D eigenvalue weighted by molar-refractivity contribution is -0.302. The minimum Gasteiger partial charge on any atom is -0.394 e. The highest BCUT2D eigenvalue weighted by Crippen LogP contribution is 2.68. The Labute approximate surface area is 330 Å². The zero-order valence-corrected chi connectivity index (χ0v) is 34.4.